The fraction of sp³-hybridized carbons (Fsp3) is 0.437. The van der Waals surface area contributed by atoms with E-state index in [1.54, 1.807) is 0 Å². The molecule has 2 aliphatic carbocycles. The van der Waals surface area contributed by atoms with E-state index in [-0.39, 0.29) is 41.4 Å². The van der Waals surface area contributed by atoms with Crippen molar-refractivity contribution in [1.82, 2.24) is 9.97 Å². The van der Waals surface area contributed by atoms with Gasteiger partial charge in [0.15, 0.2) is 8.32 Å². The number of aryl methyl sites for hydroxylation is 4. The zero-order valence-electron chi connectivity index (χ0n) is 50.2. The van der Waals surface area contributed by atoms with Crippen LogP contribution >= 0.6 is 0 Å². The number of aliphatic hydroxyl groups is 1. The Kier molecular flexibility index (Phi) is 20.1. The highest BCUT2D eigenvalue weighted by Gasteiger charge is 2.38. The van der Waals surface area contributed by atoms with E-state index >= 15 is 0 Å². The summed E-state index contributed by atoms with van der Waals surface area (Å²) in [6.07, 6.45) is 16.0. The lowest BCUT2D eigenvalue weighted by Crippen LogP contribution is -2.39. The molecule has 9 heteroatoms. The highest BCUT2D eigenvalue weighted by molar-refractivity contribution is 6.69. The highest BCUT2D eigenvalue weighted by Crippen LogP contribution is 2.43. The normalized spacial score (nSPS) is 14.7. The van der Waals surface area contributed by atoms with Crippen molar-refractivity contribution >= 4 is 20.3 Å². The fourth-order valence-corrected chi connectivity index (χ4v) is 13.7. The monoisotopic (exact) mass is 1090 g/mol. The summed E-state index contributed by atoms with van der Waals surface area (Å²) in [5.74, 6) is 13.0. The van der Waals surface area contributed by atoms with Crippen LogP contribution in [0, 0.1) is 51.4 Å². The SMILES string of the molecule is CCC(CC)(c1ccc(C#CC2(O)CCCC2)c(C)c1)c1ccc(-c2ccc(CC(=O)OC)nc2)c(C)c1.CCC(CC)(c1ccc(C#CC2(O[Si](C)(C)C)CCCC2)c(C)c1)c1ccc(-c2ccc(COC(C)=O)nc2)c(C)c1. The first kappa shape index (κ1) is 61.0. The van der Waals surface area contributed by atoms with Gasteiger partial charge in [0.25, 0.3) is 0 Å². The number of benzene rings is 4. The van der Waals surface area contributed by atoms with Crippen LogP contribution in [0.25, 0.3) is 22.3 Å². The van der Waals surface area contributed by atoms with Crippen molar-refractivity contribution in [2.45, 2.75) is 194 Å². The maximum atomic E-state index is 11.6. The lowest BCUT2D eigenvalue weighted by molar-refractivity contribution is -0.142. The van der Waals surface area contributed by atoms with Gasteiger partial charge in [-0.25, -0.2) is 0 Å². The van der Waals surface area contributed by atoms with Gasteiger partial charge in [-0.2, -0.15) is 0 Å². The smallest absolute Gasteiger partial charge is 0.311 e. The van der Waals surface area contributed by atoms with Gasteiger partial charge >= 0.3 is 11.9 Å². The van der Waals surface area contributed by atoms with E-state index in [9.17, 15) is 14.7 Å². The summed E-state index contributed by atoms with van der Waals surface area (Å²) in [7, 11) is -0.301. The van der Waals surface area contributed by atoms with Gasteiger partial charge in [0.1, 0.15) is 17.8 Å². The average Bonchev–Trinajstić information content (AvgIpc) is 4.22. The molecule has 420 valence electrons. The lowest BCUT2D eigenvalue weighted by Gasteiger charge is -2.34. The summed E-state index contributed by atoms with van der Waals surface area (Å²) < 4.78 is 16.5. The fourth-order valence-electron chi connectivity index (χ4n) is 12.2. The number of methoxy groups -OCH3 is 1. The standard InChI is InChI=1S/C37H47NO3Si.C34H39NO3/c1-9-37(10-2,33-16-18-35(28(4)24-33)31-14-17-34(38-25-31)26-40-29(5)39)32-15-13-30(27(3)23-32)19-22-36(20-11-12-21-36)41-42(6,7)8;1-6-34(7-2,28-12-10-26(24(3)20-28)16-19-33(37)17-8-9-18-33)29-13-15-31(25(4)21-29)27-11-14-30(35-23-27)22-32(36)38-5/h13-18,23-25H,9-12,20-21,26H2,1-8H3;10-15,20-21,23,37H,6-9,17-18,22H2,1-5H3. The van der Waals surface area contributed by atoms with E-state index in [0.29, 0.717) is 5.69 Å². The molecule has 2 saturated carbocycles. The van der Waals surface area contributed by atoms with Crippen LogP contribution in [0.15, 0.2) is 109 Å². The molecule has 0 saturated heterocycles. The molecule has 0 atom stereocenters. The van der Waals surface area contributed by atoms with Gasteiger partial charge in [0, 0.05) is 52.4 Å². The van der Waals surface area contributed by atoms with Crippen LogP contribution < -0.4 is 0 Å². The Balaban J connectivity index is 0.000000232. The van der Waals surface area contributed by atoms with Gasteiger partial charge in [0.2, 0.25) is 0 Å². The molecule has 6 aromatic rings. The molecule has 0 spiro atoms. The predicted molar refractivity (Wildman–Crippen MR) is 328 cm³/mol. The van der Waals surface area contributed by atoms with Gasteiger partial charge < -0.3 is 19.0 Å². The number of hydrogen-bond acceptors (Lipinski definition) is 8. The van der Waals surface area contributed by atoms with Gasteiger partial charge in [-0.15, -0.1) is 0 Å². The van der Waals surface area contributed by atoms with Crippen molar-refractivity contribution in [3.63, 3.8) is 0 Å². The van der Waals surface area contributed by atoms with Crippen LogP contribution in [0.2, 0.25) is 19.6 Å². The second-order valence-corrected chi connectivity index (χ2v) is 27.9. The minimum absolute atomic E-state index is 0.0836. The molecule has 2 fully saturated rings. The zero-order valence-corrected chi connectivity index (χ0v) is 51.2. The number of hydrogen-bond donors (Lipinski definition) is 1. The number of nitrogens with zero attached hydrogens (tertiary/aromatic N) is 2. The van der Waals surface area contributed by atoms with E-state index in [4.69, 9.17) is 13.9 Å². The zero-order chi connectivity index (χ0) is 57.9. The quantitative estimate of drug-likeness (QED) is 0.0580. The second kappa shape index (κ2) is 26.3. The molecule has 0 amide bonds. The molecule has 2 heterocycles. The average molecular weight is 1090 g/mol. The number of esters is 2. The minimum Gasteiger partial charge on any atom is -0.469 e. The third-order valence-corrected chi connectivity index (χ3v) is 18.0. The summed E-state index contributed by atoms with van der Waals surface area (Å²) in [5.41, 5.74) is 16.7. The second-order valence-electron chi connectivity index (χ2n) is 23.5. The first-order valence-corrected chi connectivity index (χ1v) is 32.6. The molecule has 2 aromatic heterocycles. The summed E-state index contributed by atoms with van der Waals surface area (Å²) in [5, 5.41) is 10.6. The maximum absolute atomic E-state index is 11.6. The third-order valence-electron chi connectivity index (χ3n) is 17.0. The molecule has 80 heavy (non-hydrogen) atoms. The lowest BCUT2D eigenvalue weighted by atomic mass is 9.69. The summed E-state index contributed by atoms with van der Waals surface area (Å²) in [6, 6.07) is 35.0. The van der Waals surface area contributed by atoms with Gasteiger partial charge in [0.05, 0.1) is 24.9 Å². The Morgan fingerprint density at radius 3 is 1.40 bits per heavy atom. The first-order valence-electron chi connectivity index (χ1n) is 29.2. The Labute approximate surface area is 480 Å². The number of pyridine rings is 2. The molecule has 1 N–H and O–H groups in total. The van der Waals surface area contributed by atoms with Crippen molar-refractivity contribution in [2.75, 3.05) is 7.11 Å². The van der Waals surface area contributed by atoms with Crippen molar-refractivity contribution in [2.24, 2.45) is 0 Å². The molecule has 4 aromatic carbocycles. The Hall–Kier alpha value is -6.62. The molecule has 8 nitrogen and oxygen atoms in total. The molecule has 0 unspecified atom stereocenters. The number of carbonyl (C=O) groups is 2. The Bertz CT molecular complexity index is 3250. The van der Waals surface area contributed by atoms with Crippen LogP contribution in [0.4, 0.5) is 0 Å². The molecule has 8 rings (SSSR count). The number of carbonyl (C=O) groups excluding carboxylic acids is 2. The number of ether oxygens (including phenoxy) is 2. The van der Waals surface area contributed by atoms with E-state index in [1.807, 2.05) is 36.7 Å². The Morgan fingerprint density at radius 2 is 1.01 bits per heavy atom. The van der Waals surface area contributed by atoms with Crippen LogP contribution in [0.3, 0.4) is 0 Å². The van der Waals surface area contributed by atoms with E-state index in [1.165, 1.54) is 65.8 Å². The molecule has 0 radical (unpaired) electrons. The van der Waals surface area contributed by atoms with E-state index < -0.39 is 13.9 Å². The van der Waals surface area contributed by atoms with E-state index in [0.717, 1.165) is 109 Å². The van der Waals surface area contributed by atoms with Gasteiger partial charge in [-0.1, -0.05) is 124 Å². The van der Waals surface area contributed by atoms with Crippen molar-refractivity contribution < 1.29 is 28.6 Å². The van der Waals surface area contributed by atoms with Crippen LogP contribution in [-0.4, -0.2) is 53.6 Å². The third kappa shape index (κ3) is 14.5. The first-order chi connectivity index (χ1) is 38.1. The van der Waals surface area contributed by atoms with Crippen LogP contribution in [-0.2, 0) is 47.3 Å². The summed E-state index contributed by atoms with van der Waals surface area (Å²) in [4.78, 5) is 31.7. The predicted octanol–water partition coefficient (Wildman–Crippen LogP) is 15.9. The van der Waals surface area contributed by atoms with Crippen LogP contribution in [0.5, 0.6) is 0 Å². The van der Waals surface area contributed by atoms with Crippen molar-refractivity contribution in [3.8, 4) is 45.9 Å². The largest absolute Gasteiger partial charge is 0.469 e. The van der Waals surface area contributed by atoms with E-state index in [2.05, 4.69) is 181 Å². The van der Waals surface area contributed by atoms with Crippen LogP contribution in [0.1, 0.15) is 179 Å². The number of aromatic nitrogens is 2. The molecule has 0 bridgehead atoms. The molecule has 0 aliphatic heterocycles. The minimum atomic E-state index is -1.69. The summed E-state index contributed by atoms with van der Waals surface area (Å²) >= 11 is 0. The topological polar surface area (TPSA) is 108 Å². The van der Waals surface area contributed by atoms with Gasteiger partial charge in [-0.05, 0) is 204 Å². The van der Waals surface area contributed by atoms with Crippen molar-refractivity contribution in [3.05, 3.63) is 176 Å². The Morgan fingerprint density at radius 1 is 0.588 bits per heavy atom. The highest BCUT2D eigenvalue weighted by atomic mass is 28.4. The maximum Gasteiger partial charge on any atom is 0.311 e. The summed E-state index contributed by atoms with van der Waals surface area (Å²) in [6.45, 7) is 26.1. The van der Waals surface area contributed by atoms with Gasteiger partial charge in [-0.3, -0.25) is 19.6 Å². The van der Waals surface area contributed by atoms with Crippen molar-refractivity contribution in [1.29, 1.82) is 0 Å². The molecular formula is C71H86N2O6Si. The number of rotatable bonds is 16. The molecule has 2 aliphatic rings. The molecular weight excluding hydrogens is 1000 g/mol.